The van der Waals surface area contributed by atoms with Gasteiger partial charge in [-0.1, -0.05) is 0 Å². The number of hydrogen-bond acceptors (Lipinski definition) is 10. The Labute approximate surface area is 129 Å². The second-order valence-corrected chi connectivity index (χ2v) is 4.31. The number of nitro groups is 4. The standard InChI is InChI=1S/C8H6N8O8/c1-11-3(9-5(13(17)18)7(11)15(21)22)4-10-6(14(19)20)8(12(4)2)16(23)24/h1-2H3. The Bertz CT molecular complexity index is 836. The van der Waals surface area contributed by atoms with Gasteiger partial charge in [0.1, 0.15) is 0 Å². The van der Waals surface area contributed by atoms with Crippen LogP contribution in [-0.4, -0.2) is 38.8 Å². The molecule has 2 aromatic heterocycles. The number of hydrogen-bond donors (Lipinski definition) is 0. The summed E-state index contributed by atoms with van der Waals surface area (Å²) in [6.45, 7) is 0. The second-order valence-electron chi connectivity index (χ2n) is 4.31. The highest BCUT2D eigenvalue weighted by Crippen LogP contribution is 2.35. The van der Waals surface area contributed by atoms with Crippen LogP contribution in [0.1, 0.15) is 0 Å². The molecule has 0 fully saturated rings. The first kappa shape index (κ1) is 16.4. The fourth-order valence-electron chi connectivity index (χ4n) is 2.00. The van der Waals surface area contributed by atoms with Crippen molar-refractivity contribution in [2.45, 2.75) is 0 Å². The van der Waals surface area contributed by atoms with E-state index in [2.05, 4.69) is 9.97 Å². The van der Waals surface area contributed by atoms with Crippen LogP contribution in [0, 0.1) is 40.5 Å². The molecule has 0 saturated carbocycles. The lowest BCUT2D eigenvalue weighted by Crippen LogP contribution is -2.04. The maximum absolute atomic E-state index is 11.0. The van der Waals surface area contributed by atoms with E-state index in [0.29, 0.717) is 9.13 Å². The van der Waals surface area contributed by atoms with Crippen molar-refractivity contribution in [1.82, 2.24) is 19.1 Å². The SMILES string of the molecule is Cn1c(-c2nc([N+](=O)[O-])c([N+](=O)[O-])n2C)nc([N+](=O)[O-])c1[N+](=O)[O-]. The van der Waals surface area contributed by atoms with E-state index in [1.165, 1.54) is 0 Å². The highest BCUT2D eigenvalue weighted by molar-refractivity contribution is 5.61. The minimum Gasteiger partial charge on any atom is -0.358 e. The first-order valence-electron chi connectivity index (χ1n) is 5.79. The summed E-state index contributed by atoms with van der Waals surface area (Å²) in [6, 6.07) is 0. The summed E-state index contributed by atoms with van der Waals surface area (Å²) in [6.07, 6.45) is 0. The molecule has 0 aliphatic carbocycles. The molecule has 0 saturated heterocycles. The largest absolute Gasteiger partial charge is 0.463 e. The van der Waals surface area contributed by atoms with Crippen molar-refractivity contribution in [3.8, 4) is 11.6 Å². The summed E-state index contributed by atoms with van der Waals surface area (Å²) < 4.78 is 1.32. The van der Waals surface area contributed by atoms with Gasteiger partial charge in [-0.25, -0.2) is 0 Å². The van der Waals surface area contributed by atoms with E-state index in [-0.39, 0.29) is 0 Å². The van der Waals surface area contributed by atoms with Gasteiger partial charge in [0.05, 0.1) is 14.1 Å². The molecule has 126 valence electrons. The van der Waals surface area contributed by atoms with E-state index in [4.69, 9.17) is 0 Å². The number of nitrogens with zero attached hydrogens (tertiary/aromatic N) is 8. The van der Waals surface area contributed by atoms with Crippen LogP contribution in [0.4, 0.5) is 23.3 Å². The van der Waals surface area contributed by atoms with E-state index < -0.39 is 54.6 Å². The van der Waals surface area contributed by atoms with Crippen LogP contribution in [0.2, 0.25) is 0 Å². The summed E-state index contributed by atoms with van der Waals surface area (Å²) in [5.41, 5.74) is 0. The maximum atomic E-state index is 11.0. The van der Waals surface area contributed by atoms with Crippen LogP contribution in [0.15, 0.2) is 0 Å². The van der Waals surface area contributed by atoms with Crippen molar-refractivity contribution >= 4 is 23.3 Å². The Hall–Kier alpha value is -3.98. The van der Waals surface area contributed by atoms with Crippen LogP contribution < -0.4 is 0 Å². The molecule has 16 nitrogen and oxygen atoms in total. The molecule has 2 aromatic rings. The molecule has 0 unspecified atom stereocenters. The van der Waals surface area contributed by atoms with Crippen LogP contribution >= 0.6 is 0 Å². The van der Waals surface area contributed by atoms with Crippen molar-refractivity contribution in [1.29, 1.82) is 0 Å². The molecule has 0 aliphatic heterocycles. The number of aromatic nitrogens is 4. The molecule has 0 spiro atoms. The van der Waals surface area contributed by atoms with Crippen LogP contribution in [0.5, 0.6) is 0 Å². The molecule has 2 heterocycles. The summed E-state index contributed by atoms with van der Waals surface area (Å²) in [7, 11) is 2.08. The lowest BCUT2D eigenvalue weighted by molar-refractivity contribution is -0.428. The van der Waals surface area contributed by atoms with Gasteiger partial charge in [0.15, 0.2) is 0 Å². The first-order valence-corrected chi connectivity index (χ1v) is 5.79. The van der Waals surface area contributed by atoms with Crippen molar-refractivity contribution in [2.24, 2.45) is 14.1 Å². The van der Waals surface area contributed by atoms with Gasteiger partial charge in [-0.3, -0.25) is 0 Å². The van der Waals surface area contributed by atoms with Gasteiger partial charge in [0.2, 0.25) is 0 Å². The molecule has 0 N–H and O–H groups in total. The van der Waals surface area contributed by atoms with E-state index in [1.54, 1.807) is 0 Å². The lowest BCUT2D eigenvalue weighted by atomic mass is 10.5. The molecule has 24 heavy (non-hydrogen) atoms. The minimum atomic E-state index is -1.12. The van der Waals surface area contributed by atoms with Gasteiger partial charge in [0.25, 0.3) is 0 Å². The smallest absolute Gasteiger partial charge is 0.358 e. The van der Waals surface area contributed by atoms with Crippen LogP contribution in [0.25, 0.3) is 11.6 Å². The maximum Gasteiger partial charge on any atom is 0.463 e. The van der Waals surface area contributed by atoms with E-state index in [9.17, 15) is 40.5 Å². The lowest BCUT2D eigenvalue weighted by Gasteiger charge is -1.94. The molecular weight excluding hydrogens is 336 g/mol. The Morgan fingerprint density at radius 1 is 0.667 bits per heavy atom. The third kappa shape index (κ3) is 2.26. The number of imidazole rings is 2. The normalized spacial score (nSPS) is 10.6. The number of rotatable bonds is 5. The Kier molecular flexibility index (Phi) is 3.64. The van der Waals surface area contributed by atoms with Gasteiger partial charge in [0, 0.05) is 9.97 Å². The third-order valence-corrected chi connectivity index (χ3v) is 2.99. The summed E-state index contributed by atoms with van der Waals surface area (Å²) in [5.74, 6) is -5.25. The fraction of sp³-hybridized carbons (Fsp3) is 0.250. The topological polar surface area (TPSA) is 208 Å². The molecule has 0 aromatic carbocycles. The monoisotopic (exact) mass is 342 g/mol. The molecule has 0 amide bonds. The highest BCUT2D eigenvalue weighted by atomic mass is 16.7. The molecule has 16 heteroatoms. The molecular formula is C8H6N8O8. The first-order chi connectivity index (χ1) is 11.1. The molecule has 0 radical (unpaired) electrons. The predicted molar refractivity (Wildman–Crippen MR) is 72.0 cm³/mol. The highest BCUT2D eigenvalue weighted by Gasteiger charge is 2.46. The quantitative estimate of drug-likeness (QED) is 0.540. The summed E-state index contributed by atoms with van der Waals surface area (Å²) >= 11 is 0. The van der Waals surface area contributed by atoms with Gasteiger partial charge < -0.3 is 40.5 Å². The molecule has 0 aliphatic rings. The predicted octanol–water partition coefficient (Wildman–Crippen LogP) is 0.453. The fourth-order valence-corrected chi connectivity index (χ4v) is 2.00. The van der Waals surface area contributed by atoms with Gasteiger partial charge in [-0.15, -0.1) is 0 Å². The van der Waals surface area contributed by atoms with Crippen LogP contribution in [-0.2, 0) is 14.1 Å². The van der Waals surface area contributed by atoms with Gasteiger partial charge >= 0.3 is 34.9 Å². The van der Waals surface area contributed by atoms with Gasteiger partial charge in [-0.05, 0) is 19.7 Å². The summed E-state index contributed by atoms with van der Waals surface area (Å²) in [5, 5.41) is 43.7. The van der Waals surface area contributed by atoms with Gasteiger partial charge in [-0.2, -0.15) is 9.13 Å². The average Bonchev–Trinajstić information content (AvgIpc) is 2.96. The zero-order valence-electron chi connectivity index (χ0n) is 11.8. The third-order valence-electron chi connectivity index (χ3n) is 2.99. The Morgan fingerprint density at radius 2 is 0.958 bits per heavy atom. The minimum absolute atomic E-state index is 0.507. The Morgan fingerprint density at radius 3 is 1.12 bits per heavy atom. The van der Waals surface area contributed by atoms with Crippen molar-refractivity contribution in [3.63, 3.8) is 0 Å². The van der Waals surface area contributed by atoms with E-state index in [0.717, 1.165) is 14.1 Å². The van der Waals surface area contributed by atoms with Crippen LogP contribution in [0.3, 0.4) is 0 Å². The molecule has 2 rings (SSSR count). The van der Waals surface area contributed by atoms with Crippen molar-refractivity contribution in [2.75, 3.05) is 0 Å². The van der Waals surface area contributed by atoms with Crippen molar-refractivity contribution in [3.05, 3.63) is 40.5 Å². The summed E-state index contributed by atoms with van der Waals surface area (Å²) in [4.78, 5) is 46.2. The molecule has 0 atom stereocenters. The average molecular weight is 342 g/mol. The van der Waals surface area contributed by atoms with Crippen molar-refractivity contribution < 1.29 is 19.7 Å². The molecule has 0 bridgehead atoms. The zero-order chi connectivity index (χ0) is 18.3. The van der Waals surface area contributed by atoms with E-state index >= 15 is 0 Å². The van der Waals surface area contributed by atoms with E-state index in [1.807, 2.05) is 0 Å². The zero-order valence-corrected chi connectivity index (χ0v) is 11.8. The Balaban J connectivity index is 2.83. The second kappa shape index (κ2) is 5.34.